The highest BCUT2D eigenvalue weighted by Crippen LogP contribution is 2.22. The van der Waals surface area contributed by atoms with E-state index < -0.39 is 0 Å². The lowest BCUT2D eigenvalue weighted by Crippen LogP contribution is -2.54. The van der Waals surface area contributed by atoms with Gasteiger partial charge in [0.05, 0.1) is 0 Å². The van der Waals surface area contributed by atoms with Crippen LogP contribution < -0.4 is 5.32 Å². The van der Waals surface area contributed by atoms with Gasteiger partial charge in [0.1, 0.15) is 0 Å². The number of nitrogens with one attached hydrogen (secondary N) is 1. The lowest BCUT2D eigenvalue weighted by Gasteiger charge is -2.40. The molecule has 1 saturated heterocycles. The Balaban J connectivity index is 0. The first-order chi connectivity index (χ1) is 5.77. The van der Waals surface area contributed by atoms with Crippen molar-refractivity contribution in [3.63, 3.8) is 0 Å². The van der Waals surface area contributed by atoms with Gasteiger partial charge in [0.15, 0.2) is 0 Å². The van der Waals surface area contributed by atoms with Crippen LogP contribution in [0, 0.1) is 0 Å². The molecule has 1 aliphatic heterocycles. The molecule has 0 amide bonds. The van der Waals surface area contributed by atoms with Gasteiger partial charge in [0, 0.05) is 5.54 Å². The fraction of sp³-hybridized carbons (Fsp3) is 1.00. The Morgan fingerprint density at radius 3 is 1.67 bits per heavy atom. The molecule has 0 aromatic rings. The molecule has 1 rings (SSSR count). The molecular weight excluding hydrogens is 146 g/mol. The summed E-state index contributed by atoms with van der Waals surface area (Å²) in [6, 6.07) is 0. The third kappa shape index (κ3) is 5.59. The minimum absolute atomic E-state index is 0.523. The quantitative estimate of drug-likeness (QED) is 0.673. The van der Waals surface area contributed by atoms with Crippen molar-refractivity contribution in [2.75, 3.05) is 6.54 Å². The second-order valence-electron chi connectivity index (χ2n) is 2.99. The lowest BCUT2D eigenvalue weighted by molar-refractivity contribution is 0.215. The van der Waals surface area contributed by atoms with E-state index in [0.29, 0.717) is 5.54 Å². The molecule has 76 valence electrons. The van der Waals surface area contributed by atoms with Gasteiger partial charge in [-0.25, -0.2) is 0 Å². The molecule has 1 nitrogen and oxygen atoms in total. The zero-order valence-corrected chi connectivity index (χ0v) is 9.83. The standard InChI is InChI=1S/C7H15N.2C2H6/c1-3-4-7(2)5-6-8-7;2*1-2/h8H,3-6H2,1-2H3;2*1-2H3. The molecule has 1 heteroatoms. The molecule has 0 saturated carbocycles. The number of rotatable bonds is 2. The van der Waals surface area contributed by atoms with Crippen LogP contribution in [-0.4, -0.2) is 12.1 Å². The van der Waals surface area contributed by atoms with Gasteiger partial charge >= 0.3 is 0 Å². The van der Waals surface area contributed by atoms with Crippen molar-refractivity contribution < 1.29 is 0 Å². The lowest BCUT2D eigenvalue weighted by atomic mass is 9.86. The van der Waals surface area contributed by atoms with Crippen LogP contribution in [0.15, 0.2) is 0 Å². The van der Waals surface area contributed by atoms with Crippen molar-refractivity contribution in [1.82, 2.24) is 5.32 Å². The van der Waals surface area contributed by atoms with Crippen LogP contribution in [0.2, 0.25) is 0 Å². The molecule has 0 aromatic heterocycles. The SMILES string of the molecule is CC.CC.CCCC1(C)CCN1. The molecule has 1 N–H and O–H groups in total. The first-order valence-corrected chi connectivity index (χ1v) is 5.52. The highest BCUT2D eigenvalue weighted by Gasteiger charge is 2.29. The summed E-state index contributed by atoms with van der Waals surface area (Å²) in [6.45, 7) is 13.8. The summed E-state index contributed by atoms with van der Waals surface area (Å²) in [4.78, 5) is 0. The van der Waals surface area contributed by atoms with Gasteiger partial charge in [0.25, 0.3) is 0 Å². The third-order valence-electron chi connectivity index (χ3n) is 2.03. The van der Waals surface area contributed by atoms with Crippen LogP contribution >= 0.6 is 0 Å². The fourth-order valence-corrected chi connectivity index (χ4v) is 1.32. The van der Waals surface area contributed by atoms with Gasteiger partial charge in [-0.1, -0.05) is 41.0 Å². The van der Waals surface area contributed by atoms with E-state index in [9.17, 15) is 0 Å². The molecule has 12 heavy (non-hydrogen) atoms. The molecule has 0 aliphatic carbocycles. The Morgan fingerprint density at radius 2 is 1.58 bits per heavy atom. The average molecular weight is 173 g/mol. The Labute approximate surface area is 78.9 Å². The van der Waals surface area contributed by atoms with E-state index in [0.717, 1.165) is 0 Å². The van der Waals surface area contributed by atoms with Crippen molar-refractivity contribution in [3.05, 3.63) is 0 Å². The zero-order valence-electron chi connectivity index (χ0n) is 9.83. The maximum absolute atomic E-state index is 3.42. The van der Waals surface area contributed by atoms with Gasteiger partial charge in [-0.05, 0) is 26.3 Å². The second-order valence-corrected chi connectivity index (χ2v) is 2.99. The molecule has 0 aromatic carbocycles. The van der Waals surface area contributed by atoms with Gasteiger partial charge in [-0.3, -0.25) is 0 Å². The molecule has 1 aliphatic rings. The van der Waals surface area contributed by atoms with Crippen LogP contribution in [0.4, 0.5) is 0 Å². The summed E-state index contributed by atoms with van der Waals surface area (Å²) in [5.74, 6) is 0. The maximum Gasteiger partial charge on any atom is 0.0165 e. The van der Waals surface area contributed by atoms with E-state index in [4.69, 9.17) is 0 Å². The summed E-state index contributed by atoms with van der Waals surface area (Å²) in [7, 11) is 0. The van der Waals surface area contributed by atoms with E-state index in [-0.39, 0.29) is 0 Å². The molecule has 0 radical (unpaired) electrons. The average Bonchev–Trinajstić information content (AvgIpc) is 2.10. The van der Waals surface area contributed by atoms with E-state index in [1.807, 2.05) is 27.7 Å². The Kier molecular flexibility index (Phi) is 10.9. The van der Waals surface area contributed by atoms with Crippen LogP contribution in [0.1, 0.15) is 60.8 Å². The van der Waals surface area contributed by atoms with E-state index in [1.54, 1.807) is 0 Å². The topological polar surface area (TPSA) is 12.0 Å². The van der Waals surface area contributed by atoms with Gasteiger partial charge < -0.3 is 5.32 Å². The summed E-state index contributed by atoms with van der Waals surface area (Å²) >= 11 is 0. The van der Waals surface area contributed by atoms with Crippen molar-refractivity contribution in [2.45, 2.75) is 66.3 Å². The Morgan fingerprint density at radius 1 is 1.17 bits per heavy atom. The minimum Gasteiger partial charge on any atom is -0.311 e. The van der Waals surface area contributed by atoms with Gasteiger partial charge in [0.2, 0.25) is 0 Å². The molecular formula is C11H27N. The maximum atomic E-state index is 3.42. The van der Waals surface area contributed by atoms with Crippen molar-refractivity contribution in [2.24, 2.45) is 0 Å². The minimum atomic E-state index is 0.523. The Bertz CT molecular complexity index is 75.1. The van der Waals surface area contributed by atoms with Crippen molar-refractivity contribution in [3.8, 4) is 0 Å². The number of hydrogen-bond donors (Lipinski definition) is 1. The number of hydrogen-bond acceptors (Lipinski definition) is 1. The zero-order chi connectivity index (χ0) is 10.0. The summed E-state index contributed by atoms with van der Waals surface area (Å²) in [5, 5.41) is 3.42. The van der Waals surface area contributed by atoms with Crippen LogP contribution in [0.5, 0.6) is 0 Å². The summed E-state index contributed by atoms with van der Waals surface area (Å²) in [6.07, 6.45) is 4.03. The highest BCUT2D eigenvalue weighted by molar-refractivity contribution is 4.91. The summed E-state index contributed by atoms with van der Waals surface area (Å²) < 4.78 is 0. The molecule has 1 unspecified atom stereocenters. The fourth-order valence-electron chi connectivity index (χ4n) is 1.32. The van der Waals surface area contributed by atoms with E-state index in [1.165, 1.54) is 25.8 Å². The first kappa shape index (κ1) is 14.5. The van der Waals surface area contributed by atoms with E-state index in [2.05, 4.69) is 19.2 Å². The Hall–Kier alpha value is -0.0400. The normalized spacial score (nSPS) is 25.5. The first-order valence-electron chi connectivity index (χ1n) is 5.52. The monoisotopic (exact) mass is 173 g/mol. The molecule has 1 fully saturated rings. The van der Waals surface area contributed by atoms with Crippen molar-refractivity contribution >= 4 is 0 Å². The largest absolute Gasteiger partial charge is 0.311 e. The predicted molar refractivity (Wildman–Crippen MR) is 58.6 cm³/mol. The van der Waals surface area contributed by atoms with Crippen LogP contribution in [-0.2, 0) is 0 Å². The highest BCUT2D eigenvalue weighted by atomic mass is 15.0. The van der Waals surface area contributed by atoms with Crippen LogP contribution in [0.3, 0.4) is 0 Å². The van der Waals surface area contributed by atoms with Gasteiger partial charge in [-0.2, -0.15) is 0 Å². The smallest absolute Gasteiger partial charge is 0.0165 e. The molecule has 1 heterocycles. The predicted octanol–water partition coefficient (Wildman–Crippen LogP) is 3.59. The molecule has 0 bridgehead atoms. The van der Waals surface area contributed by atoms with Gasteiger partial charge in [-0.15, -0.1) is 0 Å². The van der Waals surface area contributed by atoms with Crippen molar-refractivity contribution in [1.29, 1.82) is 0 Å². The third-order valence-corrected chi connectivity index (χ3v) is 2.03. The molecule has 0 spiro atoms. The van der Waals surface area contributed by atoms with Crippen LogP contribution in [0.25, 0.3) is 0 Å². The van der Waals surface area contributed by atoms with E-state index >= 15 is 0 Å². The second kappa shape index (κ2) is 9.05. The molecule has 1 atom stereocenters. The summed E-state index contributed by atoms with van der Waals surface area (Å²) in [5.41, 5.74) is 0.523.